The number of fused-ring (bicyclic) bond motifs is 1. The molecule has 9 nitrogen and oxygen atoms in total. The average molecular weight is 556 g/mol. The molecule has 5 rings (SSSR count). The Morgan fingerprint density at radius 1 is 1.15 bits per heavy atom. The van der Waals surface area contributed by atoms with Gasteiger partial charge in [0.2, 0.25) is 11.9 Å². The van der Waals surface area contributed by atoms with E-state index in [4.69, 9.17) is 22.3 Å². The number of aromatic nitrogens is 4. The van der Waals surface area contributed by atoms with Crippen molar-refractivity contribution < 1.29 is 22.8 Å². The van der Waals surface area contributed by atoms with Crippen molar-refractivity contribution in [1.82, 2.24) is 24.3 Å². The normalized spacial score (nSPS) is 15.5. The number of alkyl halides is 3. The van der Waals surface area contributed by atoms with Gasteiger partial charge in [-0.2, -0.15) is 13.2 Å². The Hall–Kier alpha value is -4.45. The first kappa shape index (κ1) is 26.2. The van der Waals surface area contributed by atoms with Crippen molar-refractivity contribution in [2.45, 2.75) is 18.5 Å². The van der Waals surface area contributed by atoms with E-state index in [1.54, 1.807) is 27.6 Å². The quantitative estimate of drug-likeness (QED) is 0.342. The van der Waals surface area contributed by atoms with E-state index in [-0.39, 0.29) is 34.2 Å². The van der Waals surface area contributed by atoms with Crippen LogP contribution in [-0.4, -0.2) is 49.2 Å². The molecule has 3 N–H and O–H groups in total. The van der Waals surface area contributed by atoms with Crippen LogP contribution in [0.3, 0.4) is 0 Å². The molecule has 0 aliphatic carbocycles. The summed E-state index contributed by atoms with van der Waals surface area (Å²) in [7, 11) is 0. The third-order valence-corrected chi connectivity index (χ3v) is 6.78. The van der Waals surface area contributed by atoms with Crippen LogP contribution in [0.15, 0.2) is 61.4 Å². The molecule has 200 valence electrons. The van der Waals surface area contributed by atoms with E-state index < -0.39 is 17.6 Å². The van der Waals surface area contributed by atoms with Crippen LogP contribution < -0.4 is 11.1 Å². The van der Waals surface area contributed by atoms with Crippen molar-refractivity contribution in [1.29, 1.82) is 0 Å². The lowest BCUT2D eigenvalue weighted by molar-refractivity contribution is -0.137. The van der Waals surface area contributed by atoms with Crippen molar-refractivity contribution in [3.8, 4) is 11.4 Å². The van der Waals surface area contributed by atoms with Crippen LogP contribution in [0.5, 0.6) is 0 Å². The second-order valence-corrected chi connectivity index (χ2v) is 9.30. The fraction of sp³-hybridized carbons (Fsp3) is 0.192. The van der Waals surface area contributed by atoms with Crippen LogP contribution in [0.2, 0.25) is 5.02 Å². The number of amides is 2. The Labute approximate surface area is 225 Å². The van der Waals surface area contributed by atoms with Crippen molar-refractivity contribution in [3.63, 3.8) is 0 Å². The molecule has 1 aromatic carbocycles. The predicted octanol–water partition coefficient (Wildman–Crippen LogP) is 4.80. The molecule has 1 fully saturated rings. The standard InChI is InChI=1S/C26H21ClF3N7O2/c1-2-21(38)36-10-7-15(13-36)22-19-6-9-33-25(31)37(19)23(35-22)14-3-4-17(18(27)11-14)24(39)34-20-12-16(5-8-32-20)26(28,29)30/h2-6,8-9,11-12,15H,1,7,10,13H2,(H2,31,33)(H,32,34,39). The largest absolute Gasteiger partial charge is 0.416 e. The number of nitrogens with two attached hydrogens (primary N) is 1. The van der Waals surface area contributed by atoms with Crippen molar-refractivity contribution in [3.05, 3.63) is 83.3 Å². The average Bonchev–Trinajstić information content (AvgIpc) is 3.54. The zero-order valence-electron chi connectivity index (χ0n) is 20.2. The highest BCUT2D eigenvalue weighted by atomic mass is 35.5. The number of anilines is 2. The molecule has 13 heteroatoms. The third kappa shape index (κ3) is 5.02. The summed E-state index contributed by atoms with van der Waals surface area (Å²) in [6.07, 6.45) is -0.0632. The number of carbonyl (C=O) groups is 2. The predicted molar refractivity (Wildman–Crippen MR) is 139 cm³/mol. The molecule has 0 bridgehead atoms. The van der Waals surface area contributed by atoms with Gasteiger partial charge < -0.3 is 16.0 Å². The van der Waals surface area contributed by atoms with Crippen molar-refractivity contribution >= 4 is 40.7 Å². The first-order valence-electron chi connectivity index (χ1n) is 11.8. The summed E-state index contributed by atoms with van der Waals surface area (Å²) >= 11 is 6.44. The molecular formula is C26H21ClF3N7O2. The van der Waals surface area contributed by atoms with Crippen molar-refractivity contribution in [2.75, 3.05) is 24.1 Å². The van der Waals surface area contributed by atoms with Crippen LogP contribution >= 0.6 is 11.6 Å². The zero-order chi connectivity index (χ0) is 27.9. The number of nitrogen functional groups attached to an aromatic ring is 1. The van der Waals surface area contributed by atoms with Gasteiger partial charge in [-0.3, -0.25) is 14.0 Å². The molecule has 0 saturated carbocycles. The van der Waals surface area contributed by atoms with Gasteiger partial charge in [-0.1, -0.05) is 24.2 Å². The minimum atomic E-state index is -4.58. The number of nitrogens with zero attached hydrogens (tertiary/aromatic N) is 5. The van der Waals surface area contributed by atoms with Crippen LogP contribution in [-0.2, 0) is 11.0 Å². The van der Waals surface area contributed by atoms with E-state index >= 15 is 0 Å². The van der Waals surface area contributed by atoms with Gasteiger partial charge >= 0.3 is 6.18 Å². The molecule has 1 saturated heterocycles. The molecule has 1 aliphatic rings. The van der Waals surface area contributed by atoms with Gasteiger partial charge in [0.05, 0.1) is 27.4 Å². The van der Waals surface area contributed by atoms with E-state index in [1.165, 1.54) is 18.2 Å². The van der Waals surface area contributed by atoms with Gasteiger partial charge in [0.1, 0.15) is 11.6 Å². The number of hydrogen-bond acceptors (Lipinski definition) is 6. The number of rotatable bonds is 5. The summed E-state index contributed by atoms with van der Waals surface area (Å²) in [5.74, 6) is -0.563. The molecular weight excluding hydrogens is 535 g/mol. The summed E-state index contributed by atoms with van der Waals surface area (Å²) in [6.45, 7) is 4.59. The highest BCUT2D eigenvalue weighted by Crippen LogP contribution is 2.35. The van der Waals surface area contributed by atoms with Crippen LogP contribution in [0, 0.1) is 0 Å². The fourth-order valence-corrected chi connectivity index (χ4v) is 4.85. The molecule has 4 aromatic rings. The maximum absolute atomic E-state index is 13.0. The monoisotopic (exact) mass is 555 g/mol. The van der Waals surface area contributed by atoms with E-state index in [1.807, 2.05) is 0 Å². The minimum Gasteiger partial charge on any atom is -0.369 e. The number of pyridine rings is 1. The minimum absolute atomic E-state index is 0.0289. The van der Waals surface area contributed by atoms with Crippen LogP contribution in [0.25, 0.3) is 16.9 Å². The molecule has 1 aliphatic heterocycles. The Morgan fingerprint density at radius 3 is 2.64 bits per heavy atom. The summed E-state index contributed by atoms with van der Waals surface area (Å²) in [4.78, 5) is 39.4. The number of likely N-dealkylation sites (tertiary alicyclic amines) is 1. The SMILES string of the molecule is C=CC(=O)N1CCC(c2nc(-c3ccc(C(=O)Nc4cc(C(F)(F)F)ccn4)c(Cl)c3)n3c(N)nccc23)C1. The number of hydrogen-bond donors (Lipinski definition) is 2. The molecule has 2 amide bonds. The van der Waals surface area contributed by atoms with E-state index in [2.05, 4.69) is 21.9 Å². The van der Waals surface area contributed by atoms with Gasteiger partial charge in [0.15, 0.2) is 0 Å². The van der Waals surface area contributed by atoms with E-state index in [0.29, 0.717) is 30.9 Å². The second-order valence-electron chi connectivity index (χ2n) is 8.89. The smallest absolute Gasteiger partial charge is 0.369 e. The Kier molecular flexibility index (Phi) is 6.73. The topological polar surface area (TPSA) is 119 Å². The number of imidazole rings is 1. The summed E-state index contributed by atoms with van der Waals surface area (Å²) in [5.41, 5.74) is 7.29. The molecule has 0 spiro atoms. The lowest BCUT2D eigenvalue weighted by Gasteiger charge is -2.13. The lowest BCUT2D eigenvalue weighted by atomic mass is 10.0. The fourth-order valence-electron chi connectivity index (χ4n) is 4.59. The van der Waals surface area contributed by atoms with Crippen LogP contribution in [0.1, 0.15) is 34.0 Å². The Morgan fingerprint density at radius 2 is 1.92 bits per heavy atom. The van der Waals surface area contributed by atoms with Crippen molar-refractivity contribution in [2.24, 2.45) is 0 Å². The lowest BCUT2D eigenvalue weighted by Crippen LogP contribution is -2.26. The molecule has 3 aromatic heterocycles. The maximum atomic E-state index is 13.0. The molecule has 1 unspecified atom stereocenters. The van der Waals surface area contributed by atoms with E-state index in [9.17, 15) is 22.8 Å². The number of halogens is 4. The van der Waals surface area contributed by atoms with Gasteiger partial charge in [-0.25, -0.2) is 15.0 Å². The van der Waals surface area contributed by atoms with Gasteiger partial charge in [-0.05, 0) is 42.8 Å². The van der Waals surface area contributed by atoms with Gasteiger partial charge in [-0.15, -0.1) is 0 Å². The Balaban J connectivity index is 1.46. The van der Waals surface area contributed by atoms with Gasteiger partial charge in [0, 0.05) is 37.0 Å². The maximum Gasteiger partial charge on any atom is 0.416 e. The zero-order valence-corrected chi connectivity index (χ0v) is 21.0. The van der Waals surface area contributed by atoms with Gasteiger partial charge in [0.25, 0.3) is 5.91 Å². The van der Waals surface area contributed by atoms with E-state index in [0.717, 1.165) is 29.5 Å². The first-order valence-corrected chi connectivity index (χ1v) is 12.1. The number of benzene rings is 1. The molecule has 0 radical (unpaired) electrons. The summed E-state index contributed by atoms with van der Waals surface area (Å²) in [6, 6.07) is 7.89. The molecule has 39 heavy (non-hydrogen) atoms. The summed E-state index contributed by atoms with van der Waals surface area (Å²) < 4.78 is 40.7. The molecule has 1 atom stereocenters. The van der Waals surface area contributed by atoms with Crippen LogP contribution in [0.4, 0.5) is 24.9 Å². The highest BCUT2D eigenvalue weighted by Gasteiger charge is 2.32. The second kappa shape index (κ2) is 10.0. The first-order chi connectivity index (χ1) is 18.6. The highest BCUT2D eigenvalue weighted by molar-refractivity contribution is 6.34. The number of carbonyl (C=O) groups excluding carboxylic acids is 2. The Bertz CT molecular complexity index is 1620. The summed E-state index contributed by atoms with van der Waals surface area (Å²) in [5, 5.41) is 2.39. The number of nitrogens with one attached hydrogen (secondary N) is 1. The molecule has 4 heterocycles. The third-order valence-electron chi connectivity index (χ3n) is 6.47.